The van der Waals surface area contributed by atoms with E-state index in [2.05, 4.69) is 33.4 Å². The first-order chi connectivity index (χ1) is 14.9. The summed E-state index contributed by atoms with van der Waals surface area (Å²) in [7, 11) is 0. The predicted molar refractivity (Wildman–Crippen MR) is 105 cm³/mol. The van der Waals surface area contributed by atoms with Gasteiger partial charge in [-0.05, 0) is 24.5 Å². The number of nitrogens with one attached hydrogen (secondary N) is 1. The smallest absolute Gasteiger partial charge is 0.417 e. The highest BCUT2D eigenvalue weighted by Crippen LogP contribution is 2.31. The van der Waals surface area contributed by atoms with Crippen molar-refractivity contribution >= 4 is 42.4 Å². The predicted octanol–water partition coefficient (Wildman–Crippen LogP) is 2.35. The molecule has 0 spiro atoms. The SMILES string of the molecule is Cc1oc([NH3+])c(C(N)=O)c1CC(=O)NC=NC(=CS)c1ccc(OC(F)(F)F)c(F)c1F. The van der Waals surface area contributed by atoms with Crippen molar-refractivity contribution in [2.24, 2.45) is 10.7 Å². The molecule has 2 rings (SSSR count). The number of hydrogen-bond acceptors (Lipinski definition) is 6. The second-order valence-corrected chi connectivity index (χ2v) is 6.36. The molecular weight excluding hydrogens is 463 g/mol. The van der Waals surface area contributed by atoms with Crippen LogP contribution in [0.2, 0.25) is 0 Å². The fourth-order valence-electron chi connectivity index (χ4n) is 2.63. The zero-order chi connectivity index (χ0) is 24.2. The number of carbonyl (C=O) groups excluding carboxylic acids is 2. The van der Waals surface area contributed by atoms with Gasteiger partial charge in [-0.3, -0.25) is 15.3 Å². The lowest BCUT2D eigenvalue weighted by atomic mass is 10.1. The number of nitrogens with two attached hydrogens (primary N) is 1. The number of carbonyl (C=O) groups is 2. The van der Waals surface area contributed by atoms with E-state index in [9.17, 15) is 31.5 Å². The zero-order valence-electron chi connectivity index (χ0n) is 16.2. The van der Waals surface area contributed by atoms with Gasteiger partial charge in [0.15, 0.2) is 11.6 Å². The standard InChI is InChI=1S/C18H15F5N4O4S/c1-7-9(13(16(24)29)17(25)30-7)4-12(28)27-6-26-10(5-32)8-2-3-11(15(20)14(8)19)31-18(21,22)23/h2-3,5-6,32H,4,25H2,1H3,(H2,24,29)(H,26,27,28)/p+1. The Balaban J connectivity index is 2.16. The summed E-state index contributed by atoms with van der Waals surface area (Å²) in [5, 5.41) is 3.17. The zero-order valence-corrected chi connectivity index (χ0v) is 17.1. The van der Waals surface area contributed by atoms with E-state index in [1.54, 1.807) is 0 Å². The molecule has 1 heterocycles. The number of ether oxygens (including phenoxy) is 1. The van der Waals surface area contributed by atoms with Gasteiger partial charge in [-0.2, -0.15) is 4.39 Å². The van der Waals surface area contributed by atoms with Gasteiger partial charge >= 0.3 is 12.2 Å². The molecule has 0 saturated heterocycles. The highest BCUT2D eigenvalue weighted by molar-refractivity contribution is 7.83. The van der Waals surface area contributed by atoms with Crippen LogP contribution < -0.4 is 21.5 Å². The Hall–Kier alpha value is -3.39. The van der Waals surface area contributed by atoms with Crippen molar-refractivity contribution in [2.75, 3.05) is 0 Å². The molecule has 0 unspecified atom stereocenters. The summed E-state index contributed by atoms with van der Waals surface area (Å²) in [4.78, 5) is 27.4. The first-order valence-corrected chi connectivity index (χ1v) is 9.01. The third kappa shape index (κ3) is 5.85. The van der Waals surface area contributed by atoms with Gasteiger partial charge in [-0.1, -0.05) is 0 Å². The molecule has 2 amide bonds. The number of thiol groups is 1. The van der Waals surface area contributed by atoms with Gasteiger partial charge in [0.2, 0.25) is 11.7 Å². The van der Waals surface area contributed by atoms with Crippen LogP contribution in [0.25, 0.3) is 5.70 Å². The molecule has 0 aliphatic carbocycles. The fourth-order valence-corrected chi connectivity index (χ4v) is 2.84. The number of rotatable bonds is 7. The van der Waals surface area contributed by atoms with E-state index in [1.165, 1.54) is 6.92 Å². The fraction of sp³-hybridized carbons (Fsp3) is 0.167. The van der Waals surface area contributed by atoms with Crippen molar-refractivity contribution in [1.82, 2.24) is 5.32 Å². The summed E-state index contributed by atoms with van der Waals surface area (Å²) < 4.78 is 73.4. The van der Waals surface area contributed by atoms with Crippen molar-refractivity contribution in [3.8, 4) is 5.75 Å². The minimum absolute atomic E-state index is 0.00205. The Labute approximate surface area is 182 Å². The van der Waals surface area contributed by atoms with Crippen molar-refractivity contribution in [1.29, 1.82) is 0 Å². The summed E-state index contributed by atoms with van der Waals surface area (Å²) >= 11 is 3.80. The molecule has 1 aromatic heterocycles. The van der Waals surface area contributed by atoms with Crippen LogP contribution >= 0.6 is 12.6 Å². The summed E-state index contributed by atoms with van der Waals surface area (Å²) in [5.74, 6) is -6.16. The Kier molecular flexibility index (Phi) is 7.64. The van der Waals surface area contributed by atoms with Crippen molar-refractivity contribution in [2.45, 2.75) is 19.7 Å². The Bertz CT molecular complexity index is 1110. The van der Waals surface area contributed by atoms with E-state index in [1.807, 2.05) is 0 Å². The van der Waals surface area contributed by atoms with Crippen LogP contribution in [0, 0.1) is 18.6 Å². The molecule has 0 fully saturated rings. The average molecular weight is 479 g/mol. The highest BCUT2D eigenvalue weighted by atomic mass is 32.1. The van der Waals surface area contributed by atoms with Crippen LogP contribution in [0.5, 0.6) is 5.75 Å². The molecule has 32 heavy (non-hydrogen) atoms. The molecular formula is C18H16F5N4O4S+. The Morgan fingerprint density at radius 1 is 1.31 bits per heavy atom. The largest absolute Gasteiger partial charge is 0.573 e. The van der Waals surface area contributed by atoms with Gasteiger partial charge in [0.1, 0.15) is 11.3 Å². The van der Waals surface area contributed by atoms with Gasteiger partial charge in [-0.25, -0.2) is 9.38 Å². The molecule has 172 valence electrons. The van der Waals surface area contributed by atoms with Crippen LogP contribution in [0.15, 0.2) is 27.0 Å². The van der Waals surface area contributed by atoms with Crippen LogP contribution in [0.1, 0.15) is 27.2 Å². The van der Waals surface area contributed by atoms with Gasteiger partial charge in [0, 0.05) is 11.1 Å². The van der Waals surface area contributed by atoms with Crippen molar-refractivity contribution in [3.63, 3.8) is 0 Å². The lowest BCUT2D eigenvalue weighted by molar-refractivity contribution is -0.279. The summed E-state index contributed by atoms with van der Waals surface area (Å²) in [5.41, 5.74) is 8.09. The molecule has 0 atom stereocenters. The number of aliphatic imine (C=N–C) groups is 1. The van der Waals surface area contributed by atoms with E-state index in [0.717, 1.165) is 17.8 Å². The molecule has 0 aliphatic heterocycles. The number of hydrogen-bond donors (Lipinski definition) is 4. The van der Waals surface area contributed by atoms with Crippen LogP contribution in [0.3, 0.4) is 0 Å². The number of alkyl halides is 3. The van der Waals surface area contributed by atoms with E-state index in [-0.39, 0.29) is 34.9 Å². The van der Waals surface area contributed by atoms with E-state index in [4.69, 9.17) is 10.2 Å². The molecule has 0 radical (unpaired) electrons. The van der Waals surface area contributed by atoms with Crippen LogP contribution in [0.4, 0.5) is 27.8 Å². The molecule has 8 nitrogen and oxygen atoms in total. The number of halogens is 5. The minimum atomic E-state index is -5.21. The highest BCUT2D eigenvalue weighted by Gasteiger charge is 2.33. The number of primary amides is 1. The van der Waals surface area contributed by atoms with E-state index < -0.39 is 41.1 Å². The maximum Gasteiger partial charge on any atom is 0.573 e. The average Bonchev–Trinajstić information content (AvgIpc) is 2.95. The second-order valence-electron chi connectivity index (χ2n) is 6.10. The number of furan rings is 1. The first kappa shape index (κ1) is 24.9. The number of aryl methyl sites for hydroxylation is 1. The monoisotopic (exact) mass is 479 g/mol. The van der Waals surface area contributed by atoms with Gasteiger partial charge < -0.3 is 20.2 Å². The number of amides is 2. The van der Waals surface area contributed by atoms with Crippen LogP contribution in [-0.2, 0) is 11.2 Å². The lowest BCUT2D eigenvalue weighted by Crippen LogP contribution is -2.42. The lowest BCUT2D eigenvalue weighted by Gasteiger charge is -2.11. The second kappa shape index (κ2) is 9.82. The Morgan fingerprint density at radius 2 is 1.97 bits per heavy atom. The van der Waals surface area contributed by atoms with E-state index in [0.29, 0.717) is 6.07 Å². The third-order valence-corrected chi connectivity index (χ3v) is 4.21. The topological polar surface area (TPSA) is 135 Å². The summed E-state index contributed by atoms with van der Waals surface area (Å²) in [6.45, 7) is 1.50. The van der Waals surface area contributed by atoms with E-state index >= 15 is 0 Å². The molecule has 0 saturated carbocycles. The van der Waals surface area contributed by atoms with Crippen molar-refractivity contribution < 1.29 is 46.4 Å². The quantitative estimate of drug-likeness (QED) is 0.210. The molecule has 6 N–H and O–H groups in total. The third-order valence-electron chi connectivity index (χ3n) is 3.97. The Morgan fingerprint density at radius 3 is 2.53 bits per heavy atom. The first-order valence-electron chi connectivity index (χ1n) is 8.50. The minimum Gasteiger partial charge on any atom is -0.417 e. The van der Waals surface area contributed by atoms with Gasteiger partial charge in [-0.15, -0.1) is 25.8 Å². The van der Waals surface area contributed by atoms with Gasteiger partial charge in [0.25, 0.3) is 5.91 Å². The molecule has 14 heteroatoms. The van der Waals surface area contributed by atoms with Gasteiger partial charge in [0.05, 0.1) is 18.5 Å². The number of quaternary nitrogens is 1. The molecule has 0 bridgehead atoms. The van der Waals surface area contributed by atoms with Crippen molar-refractivity contribution in [3.05, 3.63) is 51.6 Å². The van der Waals surface area contributed by atoms with Crippen LogP contribution in [-0.4, -0.2) is 24.5 Å². The molecule has 2 aromatic rings. The normalized spacial score (nSPS) is 12.3. The number of nitrogens with zero attached hydrogens (tertiary/aromatic N) is 1. The molecule has 1 aromatic carbocycles. The summed E-state index contributed by atoms with van der Waals surface area (Å²) in [6.07, 6.45) is -4.72. The number of benzene rings is 1. The summed E-state index contributed by atoms with van der Waals surface area (Å²) in [6, 6.07) is 1.36. The molecule has 0 aliphatic rings. The maximum absolute atomic E-state index is 14.2. The maximum atomic E-state index is 14.2.